The van der Waals surface area contributed by atoms with Gasteiger partial charge in [-0.15, -0.1) is 11.3 Å². The molecule has 1 aromatic heterocycles. The number of carbonyl (C=O) groups excluding carboxylic acids is 1. The summed E-state index contributed by atoms with van der Waals surface area (Å²) in [5.74, 6) is 1.11. The fourth-order valence-corrected chi connectivity index (χ4v) is 4.57. The van der Waals surface area contributed by atoms with Crippen LogP contribution in [-0.2, 0) is 4.79 Å². The Morgan fingerprint density at radius 1 is 1.45 bits per heavy atom. The normalized spacial score (nSPS) is 34.0. The molecular formula is C16H22N2OS. The van der Waals surface area contributed by atoms with Crippen LogP contribution in [0.25, 0.3) is 0 Å². The molecule has 1 saturated heterocycles. The van der Waals surface area contributed by atoms with Crippen LogP contribution in [0.15, 0.2) is 12.1 Å². The lowest BCUT2D eigenvalue weighted by atomic mass is 10.2. The van der Waals surface area contributed by atoms with Crippen molar-refractivity contribution in [2.45, 2.75) is 63.7 Å². The Bertz CT molecular complexity index is 548. The quantitative estimate of drug-likeness (QED) is 0.923. The van der Waals surface area contributed by atoms with Crippen LogP contribution in [0.5, 0.6) is 0 Å². The molecule has 1 aromatic rings. The highest BCUT2D eigenvalue weighted by Crippen LogP contribution is 2.52. The van der Waals surface area contributed by atoms with Gasteiger partial charge in [-0.05, 0) is 50.7 Å². The second kappa shape index (κ2) is 4.31. The zero-order chi connectivity index (χ0) is 13.9. The average molecular weight is 290 g/mol. The summed E-state index contributed by atoms with van der Waals surface area (Å²) in [6, 6.07) is 4.84. The van der Waals surface area contributed by atoms with E-state index in [4.69, 9.17) is 0 Å². The van der Waals surface area contributed by atoms with Crippen LogP contribution in [0.2, 0.25) is 0 Å². The first kappa shape index (κ1) is 12.8. The summed E-state index contributed by atoms with van der Waals surface area (Å²) in [7, 11) is 0. The van der Waals surface area contributed by atoms with E-state index in [1.54, 1.807) is 0 Å². The van der Waals surface area contributed by atoms with E-state index >= 15 is 0 Å². The first-order valence-corrected chi connectivity index (χ1v) is 8.63. The molecule has 4 heteroatoms. The summed E-state index contributed by atoms with van der Waals surface area (Å²) >= 11 is 1.82. The average Bonchev–Trinajstić information content (AvgIpc) is 3.29. The predicted octanol–water partition coefficient (Wildman–Crippen LogP) is 3.21. The first-order chi connectivity index (χ1) is 9.64. The minimum absolute atomic E-state index is 0.135. The van der Waals surface area contributed by atoms with Crippen molar-refractivity contribution < 1.29 is 4.79 Å². The summed E-state index contributed by atoms with van der Waals surface area (Å²) in [5.41, 5.74) is -0.193. The largest absolute Gasteiger partial charge is 0.317 e. The Kier molecular flexibility index (Phi) is 2.77. The van der Waals surface area contributed by atoms with Crippen LogP contribution < -0.4 is 5.32 Å². The zero-order valence-electron chi connectivity index (χ0n) is 12.2. The van der Waals surface area contributed by atoms with Crippen molar-refractivity contribution in [1.82, 2.24) is 10.2 Å². The smallest absolute Gasteiger partial charge is 0.244 e. The van der Waals surface area contributed by atoms with E-state index in [2.05, 4.69) is 36.2 Å². The molecule has 0 bridgehead atoms. The molecule has 3 aliphatic rings. The van der Waals surface area contributed by atoms with Crippen LogP contribution in [0.1, 0.15) is 54.9 Å². The number of rotatable bonds is 4. The maximum Gasteiger partial charge on any atom is 0.244 e. The number of thiophene rings is 1. The highest BCUT2D eigenvalue weighted by atomic mass is 32.1. The number of nitrogens with zero attached hydrogens (tertiary/aromatic N) is 1. The van der Waals surface area contributed by atoms with Gasteiger partial charge < -0.3 is 4.90 Å². The van der Waals surface area contributed by atoms with Gasteiger partial charge >= 0.3 is 0 Å². The van der Waals surface area contributed by atoms with E-state index < -0.39 is 0 Å². The SMILES string of the molecule is CCCC1CC1N1C(=O)C2(CC2)NC1c1ccc(C)s1. The van der Waals surface area contributed by atoms with Crippen LogP contribution in [0.3, 0.4) is 0 Å². The Labute approximate surface area is 124 Å². The molecule has 3 atom stereocenters. The van der Waals surface area contributed by atoms with Crippen molar-refractivity contribution >= 4 is 17.2 Å². The van der Waals surface area contributed by atoms with Crippen molar-refractivity contribution in [2.24, 2.45) is 5.92 Å². The molecule has 3 unspecified atom stereocenters. The van der Waals surface area contributed by atoms with Crippen molar-refractivity contribution in [2.75, 3.05) is 0 Å². The van der Waals surface area contributed by atoms with Gasteiger partial charge in [-0.25, -0.2) is 0 Å². The van der Waals surface area contributed by atoms with Crippen LogP contribution >= 0.6 is 11.3 Å². The van der Waals surface area contributed by atoms with Crippen LogP contribution in [0, 0.1) is 12.8 Å². The summed E-state index contributed by atoms with van der Waals surface area (Å²) in [4.78, 5) is 17.6. The molecule has 1 N–H and O–H groups in total. The van der Waals surface area contributed by atoms with Crippen molar-refractivity contribution in [3.05, 3.63) is 21.9 Å². The number of carbonyl (C=O) groups is 1. The van der Waals surface area contributed by atoms with Crippen molar-refractivity contribution in [3.63, 3.8) is 0 Å². The lowest BCUT2D eigenvalue weighted by Gasteiger charge is -2.24. The maximum absolute atomic E-state index is 12.8. The molecule has 2 saturated carbocycles. The molecule has 1 amide bonds. The fourth-order valence-electron chi connectivity index (χ4n) is 3.64. The van der Waals surface area contributed by atoms with Crippen LogP contribution in [-0.4, -0.2) is 22.4 Å². The topological polar surface area (TPSA) is 32.3 Å². The van der Waals surface area contributed by atoms with Crippen molar-refractivity contribution in [1.29, 1.82) is 0 Å². The minimum atomic E-state index is -0.193. The molecule has 2 heterocycles. The van der Waals surface area contributed by atoms with E-state index in [1.807, 2.05) is 11.3 Å². The third-order valence-electron chi connectivity index (χ3n) is 5.02. The maximum atomic E-state index is 12.8. The van der Waals surface area contributed by atoms with Gasteiger partial charge in [-0.2, -0.15) is 0 Å². The van der Waals surface area contributed by atoms with E-state index in [0.29, 0.717) is 11.9 Å². The first-order valence-electron chi connectivity index (χ1n) is 7.81. The molecular weight excluding hydrogens is 268 g/mol. The van der Waals surface area contributed by atoms with Gasteiger partial charge in [0.2, 0.25) is 5.91 Å². The number of hydrogen-bond donors (Lipinski definition) is 1. The lowest BCUT2D eigenvalue weighted by Crippen LogP contribution is -2.34. The number of amides is 1. The highest BCUT2D eigenvalue weighted by molar-refractivity contribution is 7.12. The Hall–Kier alpha value is -0.870. The van der Waals surface area contributed by atoms with Gasteiger partial charge in [0.15, 0.2) is 0 Å². The van der Waals surface area contributed by atoms with Crippen LogP contribution in [0.4, 0.5) is 0 Å². The van der Waals surface area contributed by atoms with E-state index in [9.17, 15) is 4.79 Å². The van der Waals surface area contributed by atoms with Gasteiger partial charge in [0.1, 0.15) is 11.7 Å². The second-order valence-electron chi connectivity index (χ2n) is 6.64. The molecule has 0 radical (unpaired) electrons. The molecule has 3 nitrogen and oxygen atoms in total. The summed E-state index contributed by atoms with van der Waals surface area (Å²) in [6.07, 6.45) is 5.87. The van der Waals surface area contributed by atoms with Gasteiger partial charge in [0, 0.05) is 15.8 Å². The molecule has 0 aromatic carbocycles. The second-order valence-corrected chi connectivity index (χ2v) is 7.96. The highest BCUT2D eigenvalue weighted by Gasteiger charge is 2.63. The Balaban J connectivity index is 1.61. The Morgan fingerprint density at radius 2 is 2.25 bits per heavy atom. The third-order valence-corrected chi connectivity index (χ3v) is 6.07. The fraction of sp³-hybridized carbons (Fsp3) is 0.688. The molecule has 4 rings (SSSR count). The minimum Gasteiger partial charge on any atom is -0.317 e. The Morgan fingerprint density at radius 3 is 2.85 bits per heavy atom. The van der Waals surface area contributed by atoms with E-state index in [1.165, 1.54) is 29.0 Å². The van der Waals surface area contributed by atoms with Crippen molar-refractivity contribution in [3.8, 4) is 0 Å². The monoisotopic (exact) mass is 290 g/mol. The zero-order valence-corrected chi connectivity index (χ0v) is 13.0. The standard InChI is InChI=1S/C16H22N2OS/c1-3-4-11-9-12(11)18-14(13-6-5-10(2)20-13)17-16(7-8-16)15(18)19/h5-6,11-12,14,17H,3-4,7-9H2,1-2H3. The number of hydrogen-bond acceptors (Lipinski definition) is 3. The van der Waals surface area contributed by atoms with Gasteiger partial charge in [0.25, 0.3) is 0 Å². The summed E-state index contributed by atoms with van der Waals surface area (Å²) in [5, 5.41) is 3.64. The van der Waals surface area contributed by atoms with Gasteiger partial charge in [0.05, 0.1) is 0 Å². The predicted molar refractivity (Wildman–Crippen MR) is 80.5 cm³/mol. The van der Waals surface area contributed by atoms with Gasteiger partial charge in [-0.3, -0.25) is 10.1 Å². The molecule has 108 valence electrons. The molecule has 1 aliphatic heterocycles. The summed E-state index contributed by atoms with van der Waals surface area (Å²) in [6.45, 7) is 4.38. The number of nitrogens with one attached hydrogen (secondary N) is 1. The molecule has 20 heavy (non-hydrogen) atoms. The molecule has 1 spiro atoms. The lowest BCUT2D eigenvalue weighted by molar-refractivity contribution is -0.131. The summed E-state index contributed by atoms with van der Waals surface area (Å²) < 4.78 is 0. The van der Waals surface area contributed by atoms with Gasteiger partial charge in [-0.1, -0.05) is 13.3 Å². The third kappa shape index (κ3) is 1.85. The van der Waals surface area contributed by atoms with E-state index in [-0.39, 0.29) is 11.7 Å². The molecule has 3 fully saturated rings. The van der Waals surface area contributed by atoms with E-state index in [0.717, 1.165) is 18.8 Å². The number of aryl methyl sites for hydroxylation is 1. The molecule has 2 aliphatic carbocycles.